The molecule has 2 saturated carbocycles. The number of carbonyl (C=O) groups is 2. The minimum Gasteiger partial charge on any atom is -0.481 e. The molecule has 1 amide bonds. The van der Waals surface area contributed by atoms with Gasteiger partial charge in [-0.15, -0.1) is 0 Å². The van der Waals surface area contributed by atoms with Crippen LogP contribution in [0.4, 0.5) is 5.69 Å². The van der Waals surface area contributed by atoms with Gasteiger partial charge in [0.15, 0.2) is 0 Å². The van der Waals surface area contributed by atoms with E-state index in [-0.39, 0.29) is 17.7 Å². The minimum absolute atomic E-state index is 0.0284. The summed E-state index contributed by atoms with van der Waals surface area (Å²) in [4.78, 5) is 24.5. The number of hydrogen-bond donors (Lipinski definition) is 2. The van der Waals surface area contributed by atoms with E-state index in [0.29, 0.717) is 11.8 Å². The van der Waals surface area contributed by atoms with Crippen molar-refractivity contribution in [3.63, 3.8) is 0 Å². The van der Waals surface area contributed by atoms with Gasteiger partial charge in [0.2, 0.25) is 5.91 Å². The zero-order valence-corrected chi connectivity index (χ0v) is 13.1. The maximum atomic E-state index is 12.8. The second-order valence-electron chi connectivity index (χ2n) is 7.03. The monoisotopic (exact) mass is 311 g/mol. The lowest BCUT2D eigenvalue weighted by Gasteiger charge is -2.41. The fraction of sp³-hybridized carbons (Fsp3) is 0.474. The second-order valence-corrected chi connectivity index (χ2v) is 7.03. The maximum absolute atomic E-state index is 12.8. The molecule has 0 heterocycles. The quantitative estimate of drug-likeness (QED) is 0.840. The summed E-state index contributed by atoms with van der Waals surface area (Å²) in [7, 11) is 0. The van der Waals surface area contributed by atoms with Crippen LogP contribution in [0.5, 0.6) is 0 Å². The van der Waals surface area contributed by atoms with Crippen LogP contribution >= 0.6 is 0 Å². The number of anilines is 1. The summed E-state index contributed by atoms with van der Waals surface area (Å²) in [5, 5.41) is 12.6. The lowest BCUT2D eigenvalue weighted by Crippen LogP contribution is -2.48. The number of allylic oxidation sites excluding steroid dienone is 2. The number of carboxylic acid groups (broad SMARTS) is 1. The van der Waals surface area contributed by atoms with Gasteiger partial charge in [-0.3, -0.25) is 9.59 Å². The van der Waals surface area contributed by atoms with Crippen molar-refractivity contribution < 1.29 is 14.7 Å². The molecule has 6 atom stereocenters. The molecule has 5 rings (SSSR count). The van der Waals surface area contributed by atoms with Crippen molar-refractivity contribution in [2.75, 3.05) is 5.32 Å². The molecular formula is C19H21NO3. The van der Waals surface area contributed by atoms with Crippen LogP contribution in [0.15, 0.2) is 36.4 Å². The SMILES string of the molecule is CCc1ccc(NC(=O)[C@@H]2[C@H]3C=C[C@@H]([C@@H]4C[C@@H]34)[C@H]2C(=O)O)cc1. The molecule has 2 N–H and O–H groups in total. The third-order valence-electron chi connectivity index (χ3n) is 5.87. The van der Waals surface area contributed by atoms with Crippen LogP contribution in [0.3, 0.4) is 0 Å². The van der Waals surface area contributed by atoms with E-state index in [0.717, 1.165) is 18.5 Å². The number of fused-ring (bicyclic) bond motifs is 1. The van der Waals surface area contributed by atoms with Gasteiger partial charge >= 0.3 is 5.97 Å². The number of carbonyl (C=O) groups excluding carboxylic acids is 1. The van der Waals surface area contributed by atoms with Gasteiger partial charge in [0.05, 0.1) is 11.8 Å². The van der Waals surface area contributed by atoms with Gasteiger partial charge in [0.25, 0.3) is 0 Å². The van der Waals surface area contributed by atoms with Crippen molar-refractivity contribution in [2.45, 2.75) is 19.8 Å². The third kappa shape index (κ3) is 2.28. The van der Waals surface area contributed by atoms with Crippen molar-refractivity contribution in [2.24, 2.45) is 35.5 Å². The minimum atomic E-state index is -0.837. The Morgan fingerprint density at radius 1 is 1.09 bits per heavy atom. The zero-order chi connectivity index (χ0) is 16.1. The topological polar surface area (TPSA) is 66.4 Å². The predicted molar refractivity (Wildman–Crippen MR) is 86.8 cm³/mol. The normalized spacial score (nSPS) is 36.4. The van der Waals surface area contributed by atoms with Crippen LogP contribution < -0.4 is 5.32 Å². The van der Waals surface area contributed by atoms with E-state index in [9.17, 15) is 14.7 Å². The molecule has 0 aromatic heterocycles. The van der Waals surface area contributed by atoms with Crippen LogP contribution in [-0.4, -0.2) is 17.0 Å². The first-order valence-corrected chi connectivity index (χ1v) is 8.41. The summed E-state index contributed by atoms with van der Waals surface area (Å²) in [6, 6.07) is 7.77. The Balaban J connectivity index is 1.56. The summed E-state index contributed by atoms with van der Waals surface area (Å²) in [6.07, 6.45) is 6.15. The average Bonchev–Trinajstić information content (AvgIpc) is 3.37. The number of amides is 1. The van der Waals surface area contributed by atoms with E-state index in [4.69, 9.17) is 0 Å². The van der Waals surface area contributed by atoms with Gasteiger partial charge in [0, 0.05) is 5.69 Å². The molecule has 2 bridgehead atoms. The zero-order valence-electron chi connectivity index (χ0n) is 13.1. The summed E-state index contributed by atoms with van der Waals surface area (Å²) in [5.41, 5.74) is 1.96. The van der Waals surface area contributed by atoms with Crippen LogP contribution in [0.25, 0.3) is 0 Å². The number of aryl methyl sites for hydroxylation is 1. The largest absolute Gasteiger partial charge is 0.481 e. The standard InChI is InChI=1S/C19H21NO3/c1-2-10-3-5-11(6-4-10)20-18(21)16-12-7-8-13(15-9-14(12)15)17(16)19(22)23/h3-8,12-17H,2,9H2,1H3,(H,20,21)(H,22,23)/t12-,13-,14-,15-,16+,17+/m0/s1. The average molecular weight is 311 g/mol. The summed E-state index contributed by atoms with van der Waals surface area (Å²) >= 11 is 0. The van der Waals surface area contributed by atoms with Gasteiger partial charge < -0.3 is 10.4 Å². The Morgan fingerprint density at radius 3 is 2.26 bits per heavy atom. The molecule has 120 valence electrons. The fourth-order valence-corrected chi connectivity index (χ4v) is 4.62. The molecule has 0 aliphatic heterocycles. The Bertz CT molecular complexity index is 678. The summed E-state index contributed by atoms with van der Waals surface area (Å²) in [6.45, 7) is 2.09. The van der Waals surface area contributed by atoms with Crippen molar-refractivity contribution in [3.8, 4) is 0 Å². The lowest BCUT2D eigenvalue weighted by molar-refractivity contribution is -0.152. The van der Waals surface area contributed by atoms with Gasteiger partial charge in [-0.25, -0.2) is 0 Å². The molecule has 4 heteroatoms. The first-order chi connectivity index (χ1) is 11.1. The van der Waals surface area contributed by atoms with E-state index < -0.39 is 17.8 Å². The third-order valence-corrected chi connectivity index (χ3v) is 5.87. The highest BCUT2D eigenvalue weighted by molar-refractivity contribution is 5.96. The Labute approximate surface area is 135 Å². The molecule has 0 spiro atoms. The summed E-state index contributed by atoms with van der Waals surface area (Å²) < 4.78 is 0. The Morgan fingerprint density at radius 2 is 1.70 bits per heavy atom. The first-order valence-electron chi connectivity index (χ1n) is 8.41. The molecule has 0 unspecified atom stereocenters. The molecule has 0 radical (unpaired) electrons. The van der Waals surface area contributed by atoms with Crippen LogP contribution in [0.2, 0.25) is 0 Å². The maximum Gasteiger partial charge on any atom is 0.307 e. The molecule has 4 aliphatic carbocycles. The second kappa shape index (κ2) is 5.22. The van der Waals surface area contributed by atoms with Gasteiger partial charge in [-0.05, 0) is 54.2 Å². The molecule has 0 saturated heterocycles. The molecule has 23 heavy (non-hydrogen) atoms. The van der Waals surface area contributed by atoms with Crippen molar-refractivity contribution in [1.82, 2.24) is 0 Å². The van der Waals surface area contributed by atoms with Crippen molar-refractivity contribution >= 4 is 17.6 Å². The van der Waals surface area contributed by atoms with E-state index in [2.05, 4.69) is 18.3 Å². The number of aliphatic carboxylic acids is 1. The molecule has 4 aliphatic rings. The first kappa shape index (κ1) is 14.5. The van der Waals surface area contributed by atoms with Crippen LogP contribution in [0, 0.1) is 35.5 Å². The van der Waals surface area contributed by atoms with E-state index >= 15 is 0 Å². The van der Waals surface area contributed by atoms with Crippen molar-refractivity contribution in [1.29, 1.82) is 0 Å². The van der Waals surface area contributed by atoms with Crippen LogP contribution in [-0.2, 0) is 16.0 Å². The van der Waals surface area contributed by atoms with Gasteiger partial charge in [-0.2, -0.15) is 0 Å². The Kier molecular flexibility index (Phi) is 3.29. The Hall–Kier alpha value is -2.10. The molecule has 4 nitrogen and oxygen atoms in total. The molecule has 2 fully saturated rings. The highest BCUT2D eigenvalue weighted by Gasteiger charge is 2.62. The highest BCUT2D eigenvalue weighted by atomic mass is 16.4. The number of benzene rings is 1. The predicted octanol–water partition coefficient (Wildman–Crippen LogP) is 2.96. The number of hydrogen-bond acceptors (Lipinski definition) is 2. The van der Waals surface area contributed by atoms with E-state index in [1.165, 1.54) is 5.56 Å². The van der Waals surface area contributed by atoms with Crippen LogP contribution in [0.1, 0.15) is 18.9 Å². The van der Waals surface area contributed by atoms with Gasteiger partial charge in [-0.1, -0.05) is 31.2 Å². The number of nitrogens with one attached hydrogen (secondary N) is 1. The highest BCUT2D eigenvalue weighted by Crippen LogP contribution is 2.63. The molecule has 1 aromatic rings. The van der Waals surface area contributed by atoms with Gasteiger partial charge in [0.1, 0.15) is 0 Å². The number of carboxylic acids is 1. The number of rotatable bonds is 4. The lowest BCUT2D eigenvalue weighted by atomic mass is 9.62. The van der Waals surface area contributed by atoms with Crippen molar-refractivity contribution in [3.05, 3.63) is 42.0 Å². The molecular weight excluding hydrogens is 290 g/mol. The fourth-order valence-electron chi connectivity index (χ4n) is 4.62. The smallest absolute Gasteiger partial charge is 0.307 e. The van der Waals surface area contributed by atoms with E-state index in [1.54, 1.807) is 0 Å². The molecule has 1 aromatic carbocycles. The summed E-state index contributed by atoms with van der Waals surface area (Å²) in [5.74, 6) is -0.900. The van der Waals surface area contributed by atoms with E-state index in [1.807, 2.05) is 30.3 Å².